The van der Waals surface area contributed by atoms with E-state index in [1.807, 2.05) is 31.1 Å². The zero-order valence-corrected chi connectivity index (χ0v) is 14.2. The van der Waals surface area contributed by atoms with Crippen molar-refractivity contribution in [2.45, 2.75) is 19.4 Å². The van der Waals surface area contributed by atoms with E-state index in [9.17, 15) is 13.6 Å². The van der Waals surface area contributed by atoms with Crippen LogP contribution >= 0.6 is 0 Å². The highest BCUT2D eigenvalue weighted by atomic mass is 19.2. The minimum atomic E-state index is -0.944. The highest BCUT2D eigenvalue weighted by molar-refractivity contribution is 5.93. The first kappa shape index (κ1) is 17.1. The quantitative estimate of drug-likeness (QED) is 0.929. The number of rotatable bonds is 3. The van der Waals surface area contributed by atoms with Gasteiger partial charge in [0.05, 0.1) is 5.69 Å². The number of hydrogen-bond donors (Lipinski definition) is 1. The van der Waals surface area contributed by atoms with Crippen molar-refractivity contribution in [1.82, 2.24) is 10.3 Å². The van der Waals surface area contributed by atoms with Crippen LogP contribution in [0.3, 0.4) is 0 Å². The first-order valence-corrected chi connectivity index (χ1v) is 8.12. The molecule has 7 heteroatoms. The van der Waals surface area contributed by atoms with Crippen LogP contribution in [-0.2, 0) is 13.0 Å². The first-order valence-electron chi connectivity index (χ1n) is 8.12. The Hall–Kier alpha value is -2.70. The predicted octanol–water partition coefficient (Wildman–Crippen LogP) is 3.09. The van der Waals surface area contributed by atoms with Gasteiger partial charge < -0.3 is 10.2 Å². The Morgan fingerprint density at radius 2 is 2.08 bits per heavy atom. The molecule has 0 saturated carbocycles. The summed E-state index contributed by atoms with van der Waals surface area (Å²) < 4.78 is 27.0. The van der Waals surface area contributed by atoms with E-state index in [0.29, 0.717) is 37.2 Å². The molecule has 1 N–H and O–H groups in total. The molecule has 1 aromatic heterocycles. The van der Waals surface area contributed by atoms with Gasteiger partial charge in [0.2, 0.25) is 0 Å². The van der Waals surface area contributed by atoms with Gasteiger partial charge >= 0.3 is 6.03 Å². The van der Waals surface area contributed by atoms with Crippen LogP contribution in [0, 0.1) is 11.6 Å². The van der Waals surface area contributed by atoms with Crippen LogP contribution in [0.25, 0.3) is 0 Å². The highest BCUT2D eigenvalue weighted by Gasteiger charge is 2.24. The third kappa shape index (κ3) is 3.55. The van der Waals surface area contributed by atoms with Crippen LogP contribution in [0.5, 0.6) is 0 Å². The fourth-order valence-corrected chi connectivity index (χ4v) is 3.03. The van der Waals surface area contributed by atoms with Gasteiger partial charge in [-0.15, -0.1) is 0 Å². The van der Waals surface area contributed by atoms with E-state index in [4.69, 9.17) is 0 Å². The molecule has 5 nitrogen and oxygen atoms in total. The highest BCUT2D eigenvalue weighted by Crippen LogP contribution is 2.29. The van der Waals surface area contributed by atoms with Crippen molar-refractivity contribution >= 4 is 17.5 Å². The van der Waals surface area contributed by atoms with Crippen molar-refractivity contribution in [1.29, 1.82) is 0 Å². The molecular formula is C18H20F2N4O. The largest absolute Gasteiger partial charge is 0.362 e. The molecule has 0 radical (unpaired) electrons. The van der Waals surface area contributed by atoms with Gasteiger partial charge in [0, 0.05) is 45.0 Å². The summed E-state index contributed by atoms with van der Waals surface area (Å²) in [6.07, 6.45) is 3.03. The molecule has 2 aromatic rings. The number of aromatic nitrogens is 1. The van der Waals surface area contributed by atoms with Crippen molar-refractivity contribution < 1.29 is 13.6 Å². The van der Waals surface area contributed by atoms with Gasteiger partial charge in [-0.3, -0.25) is 4.90 Å². The number of urea groups is 1. The molecule has 0 unspecified atom stereocenters. The van der Waals surface area contributed by atoms with Gasteiger partial charge in [0.25, 0.3) is 0 Å². The molecule has 3 rings (SSSR count). The lowest BCUT2D eigenvalue weighted by atomic mass is 10.0. The van der Waals surface area contributed by atoms with Crippen molar-refractivity contribution in [2.24, 2.45) is 0 Å². The maximum atomic E-state index is 13.6. The van der Waals surface area contributed by atoms with Gasteiger partial charge in [-0.2, -0.15) is 0 Å². The van der Waals surface area contributed by atoms with Crippen LogP contribution in [0.15, 0.2) is 30.5 Å². The van der Waals surface area contributed by atoms with E-state index >= 15 is 0 Å². The smallest absolute Gasteiger partial charge is 0.322 e. The molecule has 1 aromatic carbocycles. The maximum absolute atomic E-state index is 13.6. The zero-order chi connectivity index (χ0) is 18.0. The van der Waals surface area contributed by atoms with Crippen LogP contribution in [-0.4, -0.2) is 31.7 Å². The number of amides is 2. The Bertz CT molecular complexity index is 795. The molecule has 0 atom stereocenters. The number of halogens is 2. The number of carbonyl (C=O) groups is 1. The number of pyridine rings is 1. The number of carbonyl (C=O) groups excluding carboxylic acids is 1. The standard InChI is InChI=1S/C18H20F2N4O/c1-23(2)17-13(5-3-7-21-17)11-22-18(25)24-8-4-6-12-9-14(19)15(20)10-16(12)24/h3,5,7,9-10H,4,6,8,11H2,1-2H3,(H,22,25). The second-order valence-electron chi connectivity index (χ2n) is 6.19. The third-order valence-electron chi connectivity index (χ3n) is 4.21. The van der Waals surface area contributed by atoms with E-state index in [1.165, 1.54) is 11.0 Å². The number of hydrogen-bond acceptors (Lipinski definition) is 3. The fraction of sp³-hybridized carbons (Fsp3) is 0.333. The summed E-state index contributed by atoms with van der Waals surface area (Å²) in [5.41, 5.74) is 1.96. The van der Waals surface area contributed by atoms with Crippen LogP contribution in [0.1, 0.15) is 17.5 Å². The van der Waals surface area contributed by atoms with E-state index in [-0.39, 0.29) is 6.03 Å². The summed E-state index contributed by atoms with van der Waals surface area (Å²) in [5.74, 6) is -1.05. The molecule has 0 bridgehead atoms. The van der Waals surface area contributed by atoms with Crippen LogP contribution in [0.2, 0.25) is 0 Å². The summed E-state index contributed by atoms with van der Waals surface area (Å²) in [7, 11) is 3.76. The molecule has 0 spiro atoms. The van der Waals surface area contributed by atoms with Crippen molar-refractivity contribution in [3.05, 3.63) is 53.2 Å². The van der Waals surface area contributed by atoms with Gasteiger partial charge in [-0.05, 0) is 30.5 Å². The van der Waals surface area contributed by atoms with Crippen molar-refractivity contribution in [2.75, 3.05) is 30.4 Å². The van der Waals surface area contributed by atoms with Crippen molar-refractivity contribution in [3.63, 3.8) is 0 Å². The summed E-state index contributed by atoms with van der Waals surface area (Å²) >= 11 is 0. The maximum Gasteiger partial charge on any atom is 0.322 e. The lowest BCUT2D eigenvalue weighted by molar-refractivity contribution is 0.245. The molecule has 0 aliphatic carbocycles. The van der Waals surface area contributed by atoms with Gasteiger partial charge in [0.15, 0.2) is 11.6 Å². The molecule has 2 heterocycles. The topological polar surface area (TPSA) is 48.5 Å². The second kappa shape index (κ2) is 7.04. The average Bonchev–Trinajstić information content (AvgIpc) is 2.60. The minimum Gasteiger partial charge on any atom is -0.362 e. The number of fused-ring (bicyclic) bond motifs is 1. The van der Waals surface area contributed by atoms with Crippen molar-refractivity contribution in [3.8, 4) is 0 Å². The third-order valence-corrected chi connectivity index (χ3v) is 4.21. The Morgan fingerprint density at radius 1 is 1.32 bits per heavy atom. The Kier molecular flexibility index (Phi) is 4.83. The summed E-state index contributed by atoms with van der Waals surface area (Å²) in [4.78, 5) is 20.2. The zero-order valence-electron chi connectivity index (χ0n) is 14.2. The number of nitrogens with zero attached hydrogens (tertiary/aromatic N) is 3. The van der Waals surface area contributed by atoms with E-state index in [1.54, 1.807) is 6.20 Å². The number of nitrogens with one attached hydrogen (secondary N) is 1. The molecule has 132 valence electrons. The number of benzene rings is 1. The van der Waals surface area contributed by atoms with Gasteiger partial charge in [-0.25, -0.2) is 18.6 Å². The fourth-order valence-electron chi connectivity index (χ4n) is 3.03. The van der Waals surface area contributed by atoms with E-state index < -0.39 is 11.6 Å². The summed E-state index contributed by atoms with van der Waals surface area (Å²) in [5, 5.41) is 2.84. The Balaban J connectivity index is 1.77. The molecule has 0 saturated heterocycles. The van der Waals surface area contributed by atoms with Gasteiger partial charge in [-0.1, -0.05) is 6.07 Å². The number of aryl methyl sites for hydroxylation is 1. The normalized spacial score (nSPS) is 13.4. The summed E-state index contributed by atoms with van der Waals surface area (Å²) in [6, 6.07) is 5.64. The SMILES string of the molecule is CN(C)c1ncccc1CNC(=O)N1CCCc2cc(F)c(F)cc21. The molecule has 2 amide bonds. The van der Waals surface area contributed by atoms with Crippen LogP contribution < -0.4 is 15.1 Å². The second-order valence-corrected chi connectivity index (χ2v) is 6.19. The summed E-state index contributed by atoms with van der Waals surface area (Å²) in [6.45, 7) is 0.771. The van der Waals surface area contributed by atoms with Gasteiger partial charge in [0.1, 0.15) is 5.82 Å². The van der Waals surface area contributed by atoms with Crippen LogP contribution in [0.4, 0.5) is 25.1 Å². The Morgan fingerprint density at radius 3 is 2.84 bits per heavy atom. The van der Waals surface area contributed by atoms with E-state index in [0.717, 1.165) is 17.4 Å². The lowest BCUT2D eigenvalue weighted by Gasteiger charge is -2.30. The number of anilines is 2. The van der Waals surface area contributed by atoms with E-state index in [2.05, 4.69) is 10.3 Å². The molecule has 25 heavy (non-hydrogen) atoms. The first-order chi connectivity index (χ1) is 12.0. The molecule has 0 fully saturated rings. The molecule has 1 aliphatic rings. The minimum absolute atomic E-state index is 0.301. The molecule has 1 aliphatic heterocycles. The average molecular weight is 346 g/mol. The lowest BCUT2D eigenvalue weighted by Crippen LogP contribution is -2.42. The predicted molar refractivity (Wildman–Crippen MR) is 92.8 cm³/mol. The Labute approximate surface area is 145 Å². The molecular weight excluding hydrogens is 326 g/mol. The monoisotopic (exact) mass is 346 g/mol.